The van der Waals surface area contributed by atoms with Crippen molar-refractivity contribution in [2.75, 3.05) is 40.9 Å². The van der Waals surface area contributed by atoms with Crippen LogP contribution >= 0.6 is 7.82 Å². The summed E-state index contributed by atoms with van der Waals surface area (Å²) in [5.41, 5.74) is 0. The van der Waals surface area contributed by atoms with Gasteiger partial charge < -0.3 is 28.8 Å². The van der Waals surface area contributed by atoms with Crippen LogP contribution in [0.4, 0.5) is 0 Å². The molecule has 0 aliphatic rings. The van der Waals surface area contributed by atoms with Gasteiger partial charge in [-0.15, -0.1) is 0 Å². The number of carbonyl (C=O) groups excluding carboxylic acids is 1. The number of aliphatic hydroxyl groups excluding tert-OH is 1. The maximum absolute atomic E-state index is 12.9. The van der Waals surface area contributed by atoms with Crippen molar-refractivity contribution in [3.05, 3.63) is 24.3 Å². The van der Waals surface area contributed by atoms with Crippen molar-refractivity contribution < 1.29 is 32.9 Å². The predicted molar refractivity (Wildman–Crippen MR) is 242 cm³/mol. The standard InChI is InChI=1S/C48H95N2O6P/c1-6-8-10-12-14-16-18-20-22-23-24-25-26-28-29-31-33-35-37-39-41-47(51)46(45-56-57(53,54)55-44-43-50(3,4)5)49-48(52)42-40-38-36-34-32-30-27-21-19-17-15-13-11-9-7-2/h17,19,39,41,46-47,51H,6-16,18,20-38,40,42-45H2,1-5H3,(H-,49,52,53,54)/b19-17-,41-39+. The fraction of sp³-hybridized carbons (Fsp3) is 0.896. The van der Waals surface area contributed by atoms with Crippen LogP contribution in [0.1, 0.15) is 226 Å². The van der Waals surface area contributed by atoms with E-state index in [0.29, 0.717) is 17.4 Å². The van der Waals surface area contributed by atoms with Crippen molar-refractivity contribution in [3.8, 4) is 0 Å². The Hall–Kier alpha value is -1.02. The van der Waals surface area contributed by atoms with Gasteiger partial charge in [0.2, 0.25) is 5.91 Å². The highest BCUT2D eigenvalue weighted by molar-refractivity contribution is 7.45. The summed E-state index contributed by atoms with van der Waals surface area (Å²) in [6, 6.07) is -0.885. The summed E-state index contributed by atoms with van der Waals surface area (Å²) < 4.78 is 23.2. The lowest BCUT2D eigenvalue weighted by Crippen LogP contribution is -2.45. The number of allylic oxidation sites excluding steroid dienone is 3. The van der Waals surface area contributed by atoms with Crippen LogP contribution in [-0.4, -0.2) is 68.5 Å². The lowest BCUT2D eigenvalue weighted by molar-refractivity contribution is -0.870. The minimum absolute atomic E-state index is 0.000593. The first-order valence-corrected chi connectivity index (χ1v) is 25.7. The SMILES string of the molecule is CCCCCC/C=C\CCCCCCCCCC(=O)NC(COP(=O)([O-])OCC[N+](C)(C)C)C(O)/C=C/CCCCCCCCCCCCCCCCCCCC. The molecule has 0 bridgehead atoms. The quantitative estimate of drug-likeness (QED) is 0.0274. The Kier molecular flexibility index (Phi) is 39.7. The third-order valence-corrected chi connectivity index (χ3v) is 11.9. The molecule has 0 spiro atoms. The van der Waals surface area contributed by atoms with Gasteiger partial charge >= 0.3 is 0 Å². The van der Waals surface area contributed by atoms with Crippen LogP contribution in [0.25, 0.3) is 0 Å². The summed E-state index contributed by atoms with van der Waals surface area (Å²) >= 11 is 0. The number of quaternary nitrogens is 1. The number of hydrogen-bond donors (Lipinski definition) is 2. The fourth-order valence-electron chi connectivity index (χ4n) is 7.03. The largest absolute Gasteiger partial charge is 0.756 e. The fourth-order valence-corrected chi connectivity index (χ4v) is 7.75. The second kappa shape index (κ2) is 40.4. The van der Waals surface area contributed by atoms with Gasteiger partial charge in [0.25, 0.3) is 7.82 Å². The van der Waals surface area contributed by atoms with Gasteiger partial charge in [-0.2, -0.15) is 0 Å². The van der Waals surface area contributed by atoms with Gasteiger partial charge in [-0.25, -0.2) is 0 Å². The zero-order valence-electron chi connectivity index (χ0n) is 38.3. The average molecular weight is 827 g/mol. The molecule has 0 fully saturated rings. The number of phosphoric acid groups is 1. The molecule has 0 aromatic heterocycles. The summed E-state index contributed by atoms with van der Waals surface area (Å²) in [5.74, 6) is -0.201. The van der Waals surface area contributed by atoms with E-state index in [2.05, 4.69) is 31.3 Å². The highest BCUT2D eigenvalue weighted by atomic mass is 31.2. The molecule has 0 aliphatic heterocycles. The van der Waals surface area contributed by atoms with Crippen LogP contribution in [-0.2, 0) is 18.4 Å². The zero-order valence-corrected chi connectivity index (χ0v) is 39.2. The number of carbonyl (C=O) groups is 1. The molecule has 0 saturated carbocycles. The van der Waals surface area contributed by atoms with E-state index in [-0.39, 0.29) is 19.1 Å². The Morgan fingerprint density at radius 3 is 1.39 bits per heavy atom. The van der Waals surface area contributed by atoms with Gasteiger partial charge in [0.1, 0.15) is 13.2 Å². The van der Waals surface area contributed by atoms with Gasteiger partial charge in [0.15, 0.2) is 0 Å². The molecule has 0 aliphatic carbocycles. The van der Waals surface area contributed by atoms with Gasteiger partial charge in [0, 0.05) is 6.42 Å². The summed E-state index contributed by atoms with van der Waals surface area (Å²) in [4.78, 5) is 25.3. The average Bonchev–Trinajstić information content (AvgIpc) is 3.16. The number of likely N-dealkylation sites (N-methyl/N-ethyl adjacent to an activating group) is 1. The number of rotatable bonds is 44. The lowest BCUT2D eigenvalue weighted by Gasteiger charge is -2.29. The van der Waals surface area contributed by atoms with E-state index < -0.39 is 20.0 Å². The van der Waals surface area contributed by atoms with Crippen LogP contribution in [0.3, 0.4) is 0 Å². The van der Waals surface area contributed by atoms with Crippen molar-refractivity contribution in [3.63, 3.8) is 0 Å². The number of nitrogens with one attached hydrogen (secondary N) is 1. The molecule has 0 aromatic carbocycles. The van der Waals surface area contributed by atoms with Crippen LogP contribution in [0, 0.1) is 0 Å². The molecular formula is C48H95N2O6P. The molecule has 57 heavy (non-hydrogen) atoms. The topological polar surface area (TPSA) is 108 Å². The highest BCUT2D eigenvalue weighted by Gasteiger charge is 2.23. The van der Waals surface area contributed by atoms with Crippen molar-refractivity contribution in [2.45, 2.75) is 238 Å². The van der Waals surface area contributed by atoms with Crippen LogP contribution in [0.2, 0.25) is 0 Å². The maximum Gasteiger partial charge on any atom is 0.268 e. The van der Waals surface area contributed by atoms with Gasteiger partial charge in [-0.1, -0.05) is 199 Å². The normalized spacial score (nSPS) is 14.4. The number of amides is 1. The molecule has 9 heteroatoms. The Morgan fingerprint density at radius 1 is 0.596 bits per heavy atom. The second-order valence-corrected chi connectivity index (χ2v) is 19.2. The van der Waals surface area contributed by atoms with Crippen molar-refractivity contribution in [2.24, 2.45) is 0 Å². The van der Waals surface area contributed by atoms with Crippen molar-refractivity contribution in [1.82, 2.24) is 5.32 Å². The molecule has 0 heterocycles. The van der Waals surface area contributed by atoms with E-state index in [9.17, 15) is 19.4 Å². The Morgan fingerprint density at radius 2 is 0.965 bits per heavy atom. The third-order valence-electron chi connectivity index (χ3n) is 10.9. The number of unbranched alkanes of at least 4 members (excludes halogenated alkanes) is 29. The second-order valence-electron chi connectivity index (χ2n) is 17.8. The highest BCUT2D eigenvalue weighted by Crippen LogP contribution is 2.38. The summed E-state index contributed by atoms with van der Waals surface area (Å²) in [5, 5.41) is 13.8. The van der Waals surface area contributed by atoms with Gasteiger partial charge in [0.05, 0.1) is 39.9 Å². The molecular weight excluding hydrogens is 732 g/mol. The zero-order chi connectivity index (χ0) is 42.1. The number of aliphatic hydroxyl groups is 1. The molecule has 2 N–H and O–H groups in total. The minimum atomic E-state index is -4.59. The van der Waals surface area contributed by atoms with Crippen LogP contribution < -0.4 is 10.2 Å². The van der Waals surface area contributed by atoms with E-state index in [0.717, 1.165) is 38.5 Å². The first-order valence-electron chi connectivity index (χ1n) is 24.2. The number of phosphoric ester groups is 1. The summed E-state index contributed by atoms with van der Waals surface area (Å²) in [6.45, 7) is 4.65. The molecule has 3 atom stereocenters. The first-order chi connectivity index (χ1) is 27.5. The van der Waals surface area contributed by atoms with Crippen molar-refractivity contribution in [1.29, 1.82) is 0 Å². The molecule has 0 aromatic rings. The molecule has 0 saturated heterocycles. The monoisotopic (exact) mass is 827 g/mol. The van der Waals surface area contributed by atoms with E-state index in [1.165, 1.54) is 167 Å². The van der Waals surface area contributed by atoms with Crippen LogP contribution in [0.5, 0.6) is 0 Å². The summed E-state index contributed by atoms with van der Waals surface area (Å²) in [6.07, 6.45) is 47.9. The number of hydrogen-bond acceptors (Lipinski definition) is 6. The van der Waals surface area contributed by atoms with Crippen molar-refractivity contribution >= 4 is 13.7 Å². The predicted octanol–water partition coefficient (Wildman–Crippen LogP) is 13.1. The van der Waals surface area contributed by atoms with E-state index in [4.69, 9.17) is 9.05 Å². The maximum atomic E-state index is 12.9. The molecule has 0 radical (unpaired) electrons. The third kappa shape index (κ3) is 42.9. The minimum Gasteiger partial charge on any atom is -0.756 e. The van der Waals surface area contributed by atoms with E-state index in [1.54, 1.807) is 6.08 Å². The number of nitrogens with zero attached hydrogens (tertiary/aromatic N) is 1. The van der Waals surface area contributed by atoms with Gasteiger partial charge in [-0.3, -0.25) is 9.36 Å². The Balaban J connectivity index is 4.35. The first kappa shape index (κ1) is 56.0. The summed E-state index contributed by atoms with van der Waals surface area (Å²) in [7, 11) is 1.26. The van der Waals surface area contributed by atoms with E-state index in [1.807, 2.05) is 27.2 Å². The van der Waals surface area contributed by atoms with Gasteiger partial charge in [-0.05, 0) is 44.9 Å². The molecule has 338 valence electrons. The Bertz CT molecular complexity index is 984. The molecule has 0 rings (SSSR count). The molecule has 8 nitrogen and oxygen atoms in total. The Labute approximate surface area is 354 Å². The molecule has 3 unspecified atom stereocenters. The molecule has 1 amide bonds. The lowest BCUT2D eigenvalue weighted by atomic mass is 10.0. The smallest absolute Gasteiger partial charge is 0.268 e. The van der Waals surface area contributed by atoms with Crippen LogP contribution in [0.15, 0.2) is 24.3 Å². The van der Waals surface area contributed by atoms with E-state index >= 15 is 0 Å².